The van der Waals surface area contributed by atoms with E-state index in [0.29, 0.717) is 6.42 Å². The number of carboxylic acid groups (broad SMARTS) is 2. The molecule has 0 unspecified atom stereocenters. The Morgan fingerprint density at radius 2 is 1.60 bits per heavy atom. The molecule has 0 aromatic heterocycles. The lowest BCUT2D eigenvalue weighted by molar-refractivity contribution is -0.146. The second kappa shape index (κ2) is 7.93. The minimum atomic E-state index is -1.15. The molecule has 0 bridgehead atoms. The molecule has 0 saturated carbocycles. The molecule has 0 fully saturated rings. The third kappa shape index (κ3) is 5.99. The molecular weight excluding hydrogens is 262 g/mol. The second-order valence-electron chi connectivity index (χ2n) is 4.34. The third-order valence-corrected chi connectivity index (χ3v) is 2.74. The molecule has 1 amide bonds. The van der Waals surface area contributed by atoms with Crippen molar-refractivity contribution in [1.82, 2.24) is 4.90 Å². The Morgan fingerprint density at radius 1 is 0.950 bits per heavy atom. The lowest BCUT2D eigenvalue weighted by Gasteiger charge is -2.19. The Balaban J connectivity index is 2.53. The summed E-state index contributed by atoms with van der Waals surface area (Å²) in [6.45, 7) is -0.559. The molecule has 6 heteroatoms. The van der Waals surface area contributed by atoms with Crippen LogP contribution in [0.15, 0.2) is 30.3 Å². The van der Waals surface area contributed by atoms with Crippen molar-refractivity contribution < 1.29 is 24.6 Å². The summed E-state index contributed by atoms with van der Waals surface area (Å²) in [6, 6.07) is 9.35. The van der Waals surface area contributed by atoms with Gasteiger partial charge in [0, 0.05) is 13.0 Å². The van der Waals surface area contributed by atoms with Gasteiger partial charge in [0.15, 0.2) is 0 Å². The zero-order valence-corrected chi connectivity index (χ0v) is 11.0. The van der Waals surface area contributed by atoms with Crippen molar-refractivity contribution in [3.8, 4) is 0 Å². The highest BCUT2D eigenvalue weighted by molar-refractivity contribution is 5.82. The Hall–Kier alpha value is -2.37. The van der Waals surface area contributed by atoms with Gasteiger partial charge >= 0.3 is 11.9 Å². The smallest absolute Gasteiger partial charge is 0.323 e. The first kappa shape index (κ1) is 15.7. The van der Waals surface area contributed by atoms with Crippen LogP contribution in [0.2, 0.25) is 0 Å². The Labute approximate surface area is 116 Å². The number of aliphatic carboxylic acids is 2. The number of amides is 1. The van der Waals surface area contributed by atoms with E-state index in [4.69, 9.17) is 10.2 Å². The first-order valence-corrected chi connectivity index (χ1v) is 6.24. The number of carbonyl (C=O) groups is 3. The number of hydrogen-bond acceptors (Lipinski definition) is 3. The van der Waals surface area contributed by atoms with Crippen LogP contribution in [0.25, 0.3) is 0 Å². The van der Waals surface area contributed by atoms with Crippen LogP contribution in [0.1, 0.15) is 18.4 Å². The fourth-order valence-corrected chi connectivity index (χ4v) is 1.74. The fraction of sp³-hybridized carbons (Fsp3) is 0.357. The maximum Gasteiger partial charge on any atom is 0.323 e. The second-order valence-corrected chi connectivity index (χ2v) is 4.34. The molecule has 6 nitrogen and oxygen atoms in total. The molecular formula is C14H17NO5. The predicted octanol–water partition coefficient (Wildman–Crippen LogP) is 1.01. The lowest BCUT2D eigenvalue weighted by atomic mass is 10.1. The van der Waals surface area contributed by atoms with Gasteiger partial charge in [-0.25, -0.2) is 0 Å². The van der Waals surface area contributed by atoms with Crippen LogP contribution in [-0.2, 0) is 20.8 Å². The van der Waals surface area contributed by atoms with E-state index in [9.17, 15) is 14.4 Å². The molecule has 0 aliphatic rings. The van der Waals surface area contributed by atoms with Crippen molar-refractivity contribution in [2.75, 3.05) is 13.1 Å². The summed E-state index contributed by atoms with van der Waals surface area (Å²) in [5, 5.41) is 17.3. The summed E-state index contributed by atoms with van der Waals surface area (Å²) < 4.78 is 0. The van der Waals surface area contributed by atoms with Gasteiger partial charge in [-0.05, 0) is 12.0 Å². The average molecular weight is 279 g/mol. The molecule has 1 rings (SSSR count). The summed E-state index contributed by atoms with van der Waals surface area (Å²) >= 11 is 0. The maximum atomic E-state index is 11.9. The van der Waals surface area contributed by atoms with Crippen molar-refractivity contribution in [2.45, 2.75) is 19.3 Å². The van der Waals surface area contributed by atoms with Crippen LogP contribution in [-0.4, -0.2) is 46.0 Å². The molecule has 0 heterocycles. The van der Waals surface area contributed by atoms with Gasteiger partial charge < -0.3 is 15.1 Å². The molecule has 0 atom stereocenters. The van der Waals surface area contributed by atoms with Crippen LogP contribution in [0, 0.1) is 0 Å². The molecule has 0 aliphatic heterocycles. The first-order valence-electron chi connectivity index (χ1n) is 6.24. The molecule has 1 aromatic carbocycles. The summed E-state index contributed by atoms with van der Waals surface area (Å²) in [5.74, 6) is -2.56. The van der Waals surface area contributed by atoms with Crippen molar-refractivity contribution in [1.29, 1.82) is 0 Å². The number of rotatable bonds is 8. The van der Waals surface area contributed by atoms with E-state index in [-0.39, 0.29) is 25.3 Å². The van der Waals surface area contributed by atoms with E-state index in [1.165, 1.54) is 0 Å². The topological polar surface area (TPSA) is 94.9 Å². The van der Waals surface area contributed by atoms with Crippen molar-refractivity contribution in [3.63, 3.8) is 0 Å². The third-order valence-electron chi connectivity index (χ3n) is 2.74. The van der Waals surface area contributed by atoms with Gasteiger partial charge in [0.25, 0.3) is 0 Å². The molecule has 0 saturated heterocycles. The molecule has 1 aromatic rings. The Bertz CT molecular complexity index is 472. The van der Waals surface area contributed by atoms with Crippen LogP contribution in [0.4, 0.5) is 0 Å². The van der Waals surface area contributed by atoms with Crippen molar-refractivity contribution >= 4 is 17.8 Å². The van der Waals surface area contributed by atoms with Crippen LogP contribution in [0.3, 0.4) is 0 Å². The lowest BCUT2D eigenvalue weighted by Crippen LogP contribution is -2.37. The zero-order chi connectivity index (χ0) is 15.0. The Morgan fingerprint density at radius 3 is 2.15 bits per heavy atom. The molecule has 0 radical (unpaired) electrons. The molecule has 2 N–H and O–H groups in total. The monoisotopic (exact) mass is 279 g/mol. The molecule has 108 valence electrons. The molecule has 20 heavy (non-hydrogen) atoms. The number of benzene rings is 1. The zero-order valence-electron chi connectivity index (χ0n) is 11.0. The van der Waals surface area contributed by atoms with E-state index < -0.39 is 18.5 Å². The van der Waals surface area contributed by atoms with E-state index in [1.54, 1.807) is 0 Å². The molecule has 0 spiro atoms. The van der Waals surface area contributed by atoms with Gasteiger partial charge in [-0.1, -0.05) is 30.3 Å². The van der Waals surface area contributed by atoms with Gasteiger partial charge in [0.2, 0.25) is 5.91 Å². The first-order chi connectivity index (χ1) is 9.49. The summed E-state index contributed by atoms with van der Waals surface area (Å²) in [5.41, 5.74) is 0.981. The summed E-state index contributed by atoms with van der Waals surface area (Å²) in [6.07, 6.45) is 0.407. The maximum absolute atomic E-state index is 11.9. The highest BCUT2D eigenvalue weighted by atomic mass is 16.4. The molecule has 0 aliphatic carbocycles. The summed E-state index contributed by atoms with van der Waals surface area (Å²) in [4.78, 5) is 34.2. The van der Waals surface area contributed by atoms with E-state index in [0.717, 1.165) is 10.5 Å². The van der Waals surface area contributed by atoms with Gasteiger partial charge in [-0.3, -0.25) is 14.4 Å². The highest BCUT2D eigenvalue weighted by Crippen LogP contribution is 2.05. The van der Waals surface area contributed by atoms with Gasteiger partial charge in [0.05, 0.1) is 6.42 Å². The van der Waals surface area contributed by atoms with Gasteiger partial charge in [-0.2, -0.15) is 0 Å². The van der Waals surface area contributed by atoms with Crippen molar-refractivity contribution in [2.24, 2.45) is 0 Å². The highest BCUT2D eigenvalue weighted by Gasteiger charge is 2.17. The standard InChI is InChI=1S/C14H17NO5/c16-12(7-6-11-4-2-1-3-5-11)15(10-14(19)20)9-8-13(17)18/h1-5H,6-10H2,(H,17,18)(H,19,20). The van der Waals surface area contributed by atoms with Crippen molar-refractivity contribution in [3.05, 3.63) is 35.9 Å². The van der Waals surface area contributed by atoms with E-state index in [1.807, 2.05) is 30.3 Å². The average Bonchev–Trinajstić information content (AvgIpc) is 2.41. The van der Waals surface area contributed by atoms with Gasteiger partial charge in [0.1, 0.15) is 6.54 Å². The van der Waals surface area contributed by atoms with Crippen LogP contribution < -0.4 is 0 Å². The number of carboxylic acids is 2. The quantitative estimate of drug-likeness (QED) is 0.740. The number of hydrogen-bond donors (Lipinski definition) is 2. The number of carbonyl (C=O) groups excluding carboxylic acids is 1. The number of nitrogens with zero attached hydrogens (tertiary/aromatic N) is 1. The normalized spacial score (nSPS) is 10.0. The van der Waals surface area contributed by atoms with E-state index >= 15 is 0 Å². The van der Waals surface area contributed by atoms with Crippen LogP contribution >= 0.6 is 0 Å². The largest absolute Gasteiger partial charge is 0.481 e. The predicted molar refractivity (Wildman–Crippen MR) is 71.2 cm³/mol. The van der Waals surface area contributed by atoms with Gasteiger partial charge in [-0.15, -0.1) is 0 Å². The minimum absolute atomic E-state index is 0.0880. The van der Waals surface area contributed by atoms with E-state index in [2.05, 4.69) is 0 Å². The number of aryl methyl sites for hydroxylation is 1. The SMILES string of the molecule is O=C(O)CCN(CC(=O)O)C(=O)CCc1ccccc1. The minimum Gasteiger partial charge on any atom is -0.481 e. The summed E-state index contributed by atoms with van der Waals surface area (Å²) in [7, 11) is 0. The Kier molecular flexibility index (Phi) is 6.22. The fourth-order valence-electron chi connectivity index (χ4n) is 1.74. The van der Waals surface area contributed by atoms with Crippen LogP contribution in [0.5, 0.6) is 0 Å².